The molecule has 0 heterocycles. The molecule has 0 aromatic heterocycles. The van der Waals surface area contributed by atoms with Crippen molar-refractivity contribution in [3.05, 3.63) is 136 Å². The molecule has 1 N–H and O–H groups in total. The first kappa shape index (κ1) is 22.3. The third-order valence-corrected chi connectivity index (χ3v) is 5.34. The Morgan fingerprint density at radius 1 is 0.848 bits per heavy atom. The fourth-order valence-corrected chi connectivity index (χ4v) is 3.74. The van der Waals surface area contributed by atoms with Crippen LogP contribution in [0.5, 0.6) is 5.75 Å². The van der Waals surface area contributed by atoms with E-state index in [-0.39, 0.29) is 5.91 Å². The number of rotatable bonds is 8. The monoisotopic (exact) mass is 454 g/mol. The largest absolute Gasteiger partial charge is 0.488 e. The summed E-state index contributed by atoms with van der Waals surface area (Å²) >= 11 is 6.05. The number of para-hydroxylation sites is 1. The molecule has 0 aliphatic heterocycles. The van der Waals surface area contributed by atoms with Crippen molar-refractivity contribution < 1.29 is 9.53 Å². The van der Waals surface area contributed by atoms with Crippen LogP contribution in [-0.4, -0.2) is 12.1 Å². The minimum Gasteiger partial charge on any atom is -0.488 e. The highest BCUT2D eigenvalue weighted by molar-refractivity contribution is 6.30. The maximum atomic E-state index is 13.1. The van der Waals surface area contributed by atoms with Crippen LogP contribution in [0, 0.1) is 0 Å². The highest BCUT2D eigenvalue weighted by atomic mass is 35.5. The van der Waals surface area contributed by atoms with Gasteiger partial charge >= 0.3 is 0 Å². The molecule has 4 aromatic rings. The van der Waals surface area contributed by atoms with Gasteiger partial charge in [0.05, 0.1) is 12.1 Å². The maximum absolute atomic E-state index is 13.1. The lowest BCUT2D eigenvalue weighted by Crippen LogP contribution is -2.26. The van der Waals surface area contributed by atoms with Crippen molar-refractivity contribution in [2.24, 2.45) is 5.10 Å². The van der Waals surface area contributed by atoms with Gasteiger partial charge in [0.2, 0.25) is 0 Å². The van der Waals surface area contributed by atoms with E-state index in [1.165, 1.54) is 0 Å². The van der Waals surface area contributed by atoms with Crippen molar-refractivity contribution in [3.63, 3.8) is 0 Å². The molecule has 0 aliphatic rings. The molecule has 0 spiro atoms. The smallest absolute Gasteiger partial charge is 0.252 e. The summed E-state index contributed by atoms with van der Waals surface area (Å²) in [5.41, 5.74) is 6.23. The number of hydrogen-bond acceptors (Lipinski definition) is 3. The van der Waals surface area contributed by atoms with E-state index in [0.717, 1.165) is 22.3 Å². The zero-order chi connectivity index (χ0) is 22.9. The Hall–Kier alpha value is -3.89. The van der Waals surface area contributed by atoms with Crippen molar-refractivity contribution in [1.29, 1.82) is 0 Å². The fourth-order valence-electron chi connectivity index (χ4n) is 3.52. The van der Waals surface area contributed by atoms with Crippen molar-refractivity contribution >= 4 is 23.7 Å². The molecule has 1 amide bonds. The lowest BCUT2D eigenvalue weighted by molar-refractivity contribution is -0.121. The first-order valence-corrected chi connectivity index (χ1v) is 11.0. The molecule has 4 aromatic carbocycles. The van der Waals surface area contributed by atoms with E-state index < -0.39 is 5.92 Å². The predicted molar refractivity (Wildman–Crippen MR) is 133 cm³/mol. The zero-order valence-corrected chi connectivity index (χ0v) is 18.7. The van der Waals surface area contributed by atoms with Crippen LogP contribution in [0.4, 0.5) is 0 Å². The Bertz CT molecular complexity index is 1190. The Labute approximate surface area is 198 Å². The van der Waals surface area contributed by atoms with Gasteiger partial charge in [-0.05, 0) is 41.0 Å². The molecule has 0 unspecified atom stereocenters. The zero-order valence-electron chi connectivity index (χ0n) is 17.9. The molecule has 0 saturated carbocycles. The van der Waals surface area contributed by atoms with Crippen molar-refractivity contribution in [2.45, 2.75) is 12.5 Å². The van der Waals surface area contributed by atoms with Crippen LogP contribution in [0.2, 0.25) is 5.02 Å². The van der Waals surface area contributed by atoms with E-state index in [2.05, 4.69) is 10.5 Å². The molecule has 4 rings (SSSR count). The summed E-state index contributed by atoms with van der Waals surface area (Å²) in [6.07, 6.45) is 1.60. The molecule has 0 fully saturated rings. The Balaban J connectivity index is 1.47. The molecule has 0 atom stereocenters. The van der Waals surface area contributed by atoms with E-state index in [1.807, 2.05) is 109 Å². The molecule has 4 nitrogen and oxygen atoms in total. The van der Waals surface area contributed by atoms with Gasteiger partial charge in [0.25, 0.3) is 5.91 Å². The van der Waals surface area contributed by atoms with Crippen LogP contribution in [-0.2, 0) is 11.4 Å². The molecule has 164 valence electrons. The van der Waals surface area contributed by atoms with Crippen LogP contribution < -0.4 is 10.2 Å². The van der Waals surface area contributed by atoms with Gasteiger partial charge in [-0.2, -0.15) is 5.10 Å². The number of ether oxygens (including phenoxy) is 1. The first-order chi connectivity index (χ1) is 16.2. The summed E-state index contributed by atoms with van der Waals surface area (Å²) < 4.78 is 5.96. The minimum absolute atomic E-state index is 0.207. The lowest BCUT2D eigenvalue weighted by Gasteiger charge is -2.16. The van der Waals surface area contributed by atoms with Gasteiger partial charge in [-0.15, -0.1) is 0 Å². The first-order valence-electron chi connectivity index (χ1n) is 10.6. The average molecular weight is 455 g/mol. The SMILES string of the molecule is O=C(N/N=C\c1ccccc1OCc1cccc(Cl)c1)C(c1ccccc1)c1ccccc1. The van der Waals surface area contributed by atoms with Crippen molar-refractivity contribution in [3.8, 4) is 5.75 Å². The summed E-state index contributed by atoms with van der Waals surface area (Å²) in [6.45, 7) is 0.377. The summed E-state index contributed by atoms with van der Waals surface area (Å²) in [4.78, 5) is 13.1. The number of nitrogens with zero attached hydrogens (tertiary/aromatic N) is 1. The summed E-state index contributed by atoms with van der Waals surface area (Å²) in [6, 6.07) is 34.4. The van der Waals surface area contributed by atoms with Gasteiger partial charge in [0, 0.05) is 10.6 Å². The highest BCUT2D eigenvalue weighted by Gasteiger charge is 2.22. The van der Waals surface area contributed by atoms with E-state index >= 15 is 0 Å². The van der Waals surface area contributed by atoms with Crippen molar-refractivity contribution in [2.75, 3.05) is 0 Å². The maximum Gasteiger partial charge on any atom is 0.252 e. The van der Waals surface area contributed by atoms with Gasteiger partial charge < -0.3 is 4.74 Å². The molecule has 0 aliphatic carbocycles. The van der Waals surface area contributed by atoms with Crippen LogP contribution in [0.25, 0.3) is 0 Å². The van der Waals surface area contributed by atoms with Crippen LogP contribution in [0.1, 0.15) is 28.2 Å². The molecular formula is C28H23ClN2O2. The van der Waals surface area contributed by atoms with Crippen LogP contribution in [0.3, 0.4) is 0 Å². The number of carbonyl (C=O) groups excluding carboxylic acids is 1. The number of hydrazone groups is 1. The molecule has 0 radical (unpaired) electrons. The third kappa shape index (κ3) is 6.09. The second-order valence-corrected chi connectivity index (χ2v) is 7.88. The number of nitrogens with one attached hydrogen (secondary N) is 1. The molecule has 33 heavy (non-hydrogen) atoms. The van der Waals surface area contributed by atoms with Crippen LogP contribution in [0.15, 0.2) is 114 Å². The molecule has 0 bridgehead atoms. The predicted octanol–water partition coefficient (Wildman–Crippen LogP) is 6.20. The van der Waals surface area contributed by atoms with Gasteiger partial charge in [-0.1, -0.05) is 96.5 Å². The summed E-state index contributed by atoms with van der Waals surface area (Å²) in [7, 11) is 0. The van der Waals surface area contributed by atoms with Crippen molar-refractivity contribution in [1.82, 2.24) is 5.43 Å². The number of hydrogen-bond donors (Lipinski definition) is 1. The Morgan fingerprint density at radius 3 is 2.15 bits per heavy atom. The van der Waals surface area contributed by atoms with E-state index in [0.29, 0.717) is 17.4 Å². The third-order valence-electron chi connectivity index (χ3n) is 5.11. The van der Waals surface area contributed by atoms with Gasteiger partial charge in [-0.25, -0.2) is 5.43 Å². The second-order valence-electron chi connectivity index (χ2n) is 7.45. The fraction of sp³-hybridized carbons (Fsp3) is 0.0714. The van der Waals surface area contributed by atoms with Gasteiger partial charge in [-0.3, -0.25) is 4.79 Å². The minimum atomic E-state index is -0.459. The Morgan fingerprint density at radius 2 is 1.48 bits per heavy atom. The van der Waals surface area contributed by atoms with Gasteiger partial charge in [0.15, 0.2) is 0 Å². The summed E-state index contributed by atoms with van der Waals surface area (Å²) in [5.74, 6) is -0.00186. The quantitative estimate of drug-likeness (QED) is 0.254. The number of carbonyl (C=O) groups is 1. The second kappa shape index (κ2) is 11.1. The molecule has 5 heteroatoms. The molecular weight excluding hydrogens is 432 g/mol. The standard InChI is InChI=1S/C28H23ClN2O2/c29-25-16-9-10-21(18-25)20-33-26-17-8-7-15-24(26)19-30-31-28(32)27(22-11-3-1-4-12-22)23-13-5-2-6-14-23/h1-19,27H,20H2,(H,31,32)/b30-19-. The van der Waals surface area contributed by atoms with E-state index in [4.69, 9.17) is 16.3 Å². The van der Waals surface area contributed by atoms with E-state index in [9.17, 15) is 4.79 Å². The Kier molecular flexibility index (Phi) is 7.52. The lowest BCUT2D eigenvalue weighted by atomic mass is 9.91. The van der Waals surface area contributed by atoms with E-state index in [1.54, 1.807) is 6.21 Å². The van der Waals surface area contributed by atoms with Gasteiger partial charge in [0.1, 0.15) is 12.4 Å². The molecule has 0 saturated heterocycles. The highest BCUT2D eigenvalue weighted by Crippen LogP contribution is 2.25. The topological polar surface area (TPSA) is 50.7 Å². The number of halogens is 1. The number of amides is 1. The average Bonchev–Trinajstić information content (AvgIpc) is 2.85. The number of benzene rings is 4. The van der Waals surface area contributed by atoms with Crippen LogP contribution >= 0.6 is 11.6 Å². The summed E-state index contributed by atoms with van der Waals surface area (Å²) in [5, 5.41) is 4.88. The normalized spacial score (nSPS) is 11.0.